The number of nitrogens with one attached hydrogen (secondary N) is 2. The zero-order valence-corrected chi connectivity index (χ0v) is 11.7. The first kappa shape index (κ1) is 14.1. The van der Waals surface area contributed by atoms with Crippen molar-refractivity contribution in [3.05, 3.63) is 51.8 Å². The summed E-state index contributed by atoms with van der Waals surface area (Å²) in [5, 5.41) is 12.3. The Labute approximate surface area is 120 Å². The number of carbonyl (C=O) groups excluding carboxylic acids is 1. The van der Waals surface area contributed by atoms with Gasteiger partial charge >= 0.3 is 5.97 Å². The number of benzene rings is 1. The Morgan fingerprint density at radius 3 is 2.30 bits per heavy atom. The normalized spacial score (nSPS) is 10.3. The van der Waals surface area contributed by atoms with Crippen molar-refractivity contribution in [2.24, 2.45) is 0 Å². The van der Waals surface area contributed by atoms with Crippen LogP contribution < -0.4 is 5.32 Å². The van der Waals surface area contributed by atoms with Gasteiger partial charge in [-0.2, -0.15) is 0 Å². The lowest BCUT2D eigenvalue weighted by Crippen LogP contribution is -2.13. The van der Waals surface area contributed by atoms with E-state index in [1.165, 1.54) is 0 Å². The Morgan fingerprint density at radius 2 is 1.80 bits per heavy atom. The van der Waals surface area contributed by atoms with E-state index in [0.717, 1.165) is 0 Å². The predicted molar refractivity (Wildman–Crippen MR) is 76.6 cm³/mol. The maximum atomic E-state index is 12.2. The zero-order valence-electron chi connectivity index (χ0n) is 11.0. The van der Waals surface area contributed by atoms with Gasteiger partial charge in [-0.25, -0.2) is 4.79 Å². The molecule has 1 aromatic carbocycles. The number of aromatic amines is 1. The topological polar surface area (TPSA) is 82.2 Å². The standard InChI is InChI=1S/C14H13ClN2O3/c1-7-11(8(2)16-12(7)14(19)20)13(18)17-10-5-3-9(15)4-6-10/h3-6,16H,1-2H3,(H,17,18)(H,19,20). The summed E-state index contributed by atoms with van der Waals surface area (Å²) in [6.07, 6.45) is 0. The summed E-state index contributed by atoms with van der Waals surface area (Å²) in [6.45, 7) is 3.26. The fourth-order valence-electron chi connectivity index (χ4n) is 2.03. The van der Waals surface area contributed by atoms with Gasteiger partial charge in [0.05, 0.1) is 5.56 Å². The highest BCUT2D eigenvalue weighted by molar-refractivity contribution is 6.30. The minimum absolute atomic E-state index is 0.0313. The number of carbonyl (C=O) groups is 2. The van der Waals surface area contributed by atoms with Crippen molar-refractivity contribution in [3.63, 3.8) is 0 Å². The van der Waals surface area contributed by atoms with E-state index in [9.17, 15) is 9.59 Å². The molecule has 3 N–H and O–H groups in total. The highest BCUT2D eigenvalue weighted by Crippen LogP contribution is 2.20. The molecule has 2 rings (SSSR count). The molecule has 1 amide bonds. The summed E-state index contributed by atoms with van der Waals surface area (Å²) >= 11 is 5.77. The van der Waals surface area contributed by atoms with Gasteiger partial charge in [0.15, 0.2) is 0 Å². The third-order valence-corrected chi connectivity index (χ3v) is 3.23. The van der Waals surface area contributed by atoms with E-state index in [0.29, 0.717) is 27.5 Å². The molecule has 0 saturated heterocycles. The lowest BCUT2D eigenvalue weighted by Gasteiger charge is -2.06. The quantitative estimate of drug-likeness (QED) is 0.812. The van der Waals surface area contributed by atoms with E-state index < -0.39 is 5.97 Å². The number of anilines is 1. The van der Waals surface area contributed by atoms with Gasteiger partial charge in [-0.3, -0.25) is 4.79 Å². The molecule has 0 radical (unpaired) electrons. The van der Waals surface area contributed by atoms with Crippen LogP contribution in [0.2, 0.25) is 5.02 Å². The summed E-state index contributed by atoms with van der Waals surface area (Å²) < 4.78 is 0. The Hall–Kier alpha value is -2.27. The molecule has 1 heterocycles. The SMILES string of the molecule is Cc1[nH]c(C(=O)O)c(C)c1C(=O)Nc1ccc(Cl)cc1. The number of hydrogen-bond donors (Lipinski definition) is 3. The van der Waals surface area contributed by atoms with E-state index in [4.69, 9.17) is 16.7 Å². The number of H-pyrrole nitrogens is 1. The number of aromatic carboxylic acids is 1. The fourth-order valence-corrected chi connectivity index (χ4v) is 2.16. The van der Waals surface area contributed by atoms with Crippen LogP contribution >= 0.6 is 11.6 Å². The van der Waals surface area contributed by atoms with Crippen LogP contribution in [0.15, 0.2) is 24.3 Å². The van der Waals surface area contributed by atoms with Crippen LogP contribution in [0.1, 0.15) is 32.1 Å². The van der Waals surface area contributed by atoms with Gasteiger partial charge in [0.1, 0.15) is 5.69 Å². The fraction of sp³-hybridized carbons (Fsp3) is 0.143. The average molecular weight is 293 g/mol. The van der Waals surface area contributed by atoms with Crippen molar-refractivity contribution in [1.29, 1.82) is 0 Å². The van der Waals surface area contributed by atoms with E-state index >= 15 is 0 Å². The Kier molecular flexibility index (Phi) is 3.81. The molecule has 0 fully saturated rings. The molecule has 0 atom stereocenters. The Balaban J connectivity index is 2.30. The van der Waals surface area contributed by atoms with Crippen LogP contribution in [-0.4, -0.2) is 22.0 Å². The molecule has 1 aromatic heterocycles. The van der Waals surface area contributed by atoms with Crippen molar-refractivity contribution >= 4 is 29.2 Å². The van der Waals surface area contributed by atoms with Gasteiger partial charge in [0.2, 0.25) is 0 Å². The molecule has 0 aliphatic heterocycles. The first-order valence-corrected chi connectivity index (χ1v) is 6.27. The summed E-state index contributed by atoms with van der Waals surface area (Å²) in [7, 11) is 0. The van der Waals surface area contributed by atoms with E-state index in [-0.39, 0.29) is 11.6 Å². The summed E-state index contributed by atoms with van der Waals surface area (Å²) in [4.78, 5) is 26.0. The Bertz CT molecular complexity index is 674. The van der Waals surface area contributed by atoms with Crippen LogP contribution in [-0.2, 0) is 0 Å². The summed E-state index contributed by atoms with van der Waals surface area (Å²) in [5.74, 6) is -1.44. The van der Waals surface area contributed by atoms with Gasteiger partial charge < -0.3 is 15.4 Å². The van der Waals surface area contributed by atoms with Gasteiger partial charge in [0, 0.05) is 16.4 Å². The molecule has 0 aliphatic rings. The number of rotatable bonds is 3. The number of hydrogen-bond acceptors (Lipinski definition) is 2. The highest BCUT2D eigenvalue weighted by Gasteiger charge is 2.21. The number of carboxylic acid groups (broad SMARTS) is 1. The van der Waals surface area contributed by atoms with Crippen LogP contribution in [0.4, 0.5) is 5.69 Å². The monoisotopic (exact) mass is 292 g/mol. The van der Waals surface area contributed by atoms with E-state index in [1.54, 1.807) is 38.1 Å². The van der Waals surface area contributed by atoms with Gasteiger partial charge in [-0.05, 0) is 43.7 Å². The number of amides is 1. The predicted octanol–water partition coefficient (Wildman–Crippen LogP) is 3.24. The third-order valence-electron chi connectivity index (χ3n) is 2.98. The first-order valence-electron chi connectivity index (χ1n) is 5.89. The number of aromatic nitrogens is 1. The van der Waals surface area contributed by atoms with Crippen molar-refractivity contribution < 1.29 is 14.7 Å². The molecule has 0 spiro atoms. The molecule has 5 nitrogen and oxygen atoms in total. The maximum absolute atomic E-state index is 12.2. The molecule has 0 saturated carbocycles. The van der Waals surface area contributed by atoms with Crippen LogP contribution in [0.5, 0.6) is 0 Å². The minimum atomic E-state index is -1.09. The van der Waals surface area contributed by atoms with Crippen molar-refractivity contribution in [1.82, 2.24) is 4.98 Å². The molecule has 104 valence electrons. The lowest BCUT2D eigenvalue weighted by molar-refractivity contribution is 0.0690. The van der Waals surface area contributed by atoms with Crippen molar-refractivity contribution in [2.75, 3.05) is 5.32 Å². The highest BCUT2D eigenvalue weighted by atomic mass is 35.5. The van der Waals surface area contributed by atoms with Crippen LogP contribution in [0.25, 0.3) is 0 Å². The van der Waals surface area contributed by atoms with Crippen LogP contribution in [0.3, 0.4) is 0 Å². The third kappa shape index (κ3) is 2.67. The zero-order chi connectivity index (χ0) is 14.9. The molecule has 20 heavy (non-hydrogen) atoms. The van der Waals surface area contributed by atoms with Crippen LogP contribution in [0, 0.1) is 13.8 Å². The first-order chi connectivity index (χ1) is 9.40. The smallest absolute Gasteiger partial charge is 0.352 e. The molecule has 6 heteroatoms. The molecule has 0 unspecified atom stereocenters. The maximum Gasteiger partial charge on any atom is 0.352 e. The largest absolute Gasteiger partial charge is 0.477 e. The second-order valence-corrected chi connectivity index (χ2v) is 4.83. The molecular formula is C14H13ClN2O3. The molecule has 0 aliphatic carbocycles. The Morgan fingerprint density at radius 1 is 1.20 bits per heavy atom. The second kappa shape index (κ2) is 5.38. The minimum Gasteiger partial charge on any atom is -0.477 e. The van der Waals surface area contributed by atoms with E-state index in [2.05, 4.69) is 10.3 Å². The van der Waals surface area contributed by atoms with Gasteiger partial charge in [-0.1, -0.05) is 11.6 Å². The molecule has 2 aromatic rings. The number of carboxylic acids is 1. The van der Waals surface area contributed by atoms with Gasteiger partial charge in [0.25, 0.3) is 5.91 Å². The van der Waals surface area contributed by atoms with Gasteiger partial charge in [-0.15, -0.1) is 0 Å². The summed E-state index contributed by atoms with van der Waals surface area (Å²) in [5.41, 5.74) is 1.91. The summed E-state index contributed by atoms with van der Waals surface area (Å²) in [6, 6.07) is 6.68. The lowest BCUT2D eigenvalue weighted by atomic mass is 10.1. The van der Waals surface area contributed by atoms with Crippen molar-refractivity contribution in [3.8, 4) is 0 Å². The van der Waals surface area contributed by atoms with Crippen molar-refractivity contribution in [2.45, 2.75) is 13.8 Å². The second-order valence-electron chi connectivity index (χ2n) is 4.39. The van der Waals surface area contributed by atoms with E-state index in [1.807, 2.05) is 0 Å². The molecule has 0 bridgehead atoms. The number of aryl methyl sites for hydroxylation is 1. The average Bonchev–Trinajstić information content (AvgIpc) is 2.68. The number of halogens is 1. The molecular weight excluding hydrogens is 280 g/mol.